The topological polar surface area (TPSA) is 92.5 Å². The fraction of sp³-hybridized carbons (Fsp3) is 0.333. The standard InChI is InChI=1S/C27H29N9/c1-3-35-12-13-36-15-23(29-24(36)16-35)17-4-8-19(9-5-17)26-31-27(34(2)33-26)30-22-11-10-21-20(14-28-32-21)25(22)18-6-7-18/h4-5,8-11,14-15,18H,3,6-7,12-13,16H2,1-2H3,(H,28,32)(H,30,31,33). The highest BCUT2D eigenvalue weighted by molar-refractivity contribution is 5.89. The molecule has 2 aromatic carbocycles. The summed E-state index contributed by atoms with van der Waals surface area (Å²) in [6.07, 6.45) is 6.53. The number of rotatable bonds is 6. The third kappa shape index (κ3) is 3.67. The van der Waals surface area contributed by atoms with Crippen molar-refractivity contribution in [3.05, 3.63) is 60.2 Å². The summed E-state index contributed by atoms with van der Waals surface area (Å²) in [5, 5.41) is 16.7. The first-order chi connectivity index (χ1) is 17.7. The number of aromatic amines is 1. The third-order valence-corrected chi connectivity index (χ3v) is 7.43. The van der Waals surface area contributed by atoms with Crippen LogP contribution >= 0.6 is 0 Å². The van der Waals surface area contributed by atoms with Crippen molar-refractivity contribution in [2.75, 3.05) is 18.4 Å². The number of nitrogens with one attached hydrogen (secondary N) is 2. The Balaban J connectivity index is 1.14. The number of benzene rings is 2. The van der Waals surface area contributed by atoms with E-state index in [-0.39, 0.29) is 0 Å². The Labute approximate surface area is 209 Å². The molecule has 1 saturated carbocycles. The van der Waals surface area contributed by atoms with E-state index in [1.807, 2.05) is 17.9 Å². The van der Waals surface area contributed by atoms with Crippen LogP contribution in [0.15, 0.2) is 48.8 Å². The number of aryl methyl sites for hydroxylation is 1. The highest BCUT2D eigenvalue weighted by Gasteiger charge is 2.29. The molecule has 0 atom stereocenters. The predicted octanol–water partition coefficient (Wildman–Crippen LogP) is 4.68. The SMILES string of the molecule is CCN1CCn2cc(-c3ccc(-c4nc(Nc5ccc6[nH]ncc6c5C5CC5)n(C)n4)cc3)nc2C1. The molecule has 0 bridgehead atoms. The van der Waals surface area contributed by atoms with Crippen molar-refractivity contribution in [1.29, 1.82) is 0 Å². The first-order valence-electron chi connectivity index (χ1n) is 12.7. The second-order valence-electron chi connectivity index (χ2n) is 9.82. The van der Waals surface area contributed by atoms with Crippen LogP contribution in [0.3, 0.4) is 0 Å². The summed E-state index contributed by atoms with van der Waals surface area (Å²) >= 11 is 0. The van der Waals surface area contributed by atoms with Crippen molar-refractivity contribution < 1.29 is 0 Å². The van der Waals surface area contributed by atoms with Crippen molar-refractivity contribution in [2.45, 2.75) is 38.8 Å². The van der Waals surface area contributed by atoms with Gasteiger partial charge >= 0.3 is 0 Å². The quantitative estimate of drug-likeness (QED) is 0.367. The van der Waals surface area contributed by atoms with E-state index in [9.17, 15) is 0 Å². The minimum Gasteiger partial charge on any atom is -0.332 e. The molecule has 2 N–H and O–H groups in total. The molecule has 1 aliphatic heterocycles. The van der Waals surface area contributed by atoms with Crippen LogP contribution in [0.4, 0.5) is 11.6 Å². The fourth-order valence-corrected chi connectivity index (χ4v) is 5.20. The number of hydrogen-bond acceptors (Lipinski definition) is 6. The molecule has 36 heavy (non-hydrogen) atoms. The van der Waals surface area contributed by atoms with Crippen molar-refractivity contribution >= 4 is 22.5 Å². The Morgan fingerprint density at radius 2 is 1.86 bits per heavy atom. The van der Waals surface area contributed by atoms with Gasteiger partial charge in [-0.25, -0.2) is 9.67 Å². The lowest BCUT2D eigenvalue weighted by Gasteiger charge is -2.25. The zero-order chi connectivity index (χ0) is 24.2. The fourth-order valence-electron chi connectivity index (χ4n) is 5.20. The Hall–Kier alpha value is -3.98. The van der Waals surface area contributed by atoms with Crippen molar-refractivity contribution in [1.82, 2.24) is 39.4 Å². The van der Waals surface area contributed by atoms with Crippen LogP contribution in [0.25, 0.3) is 33.5 Å². The van der Waals surface area contributed by atoms with Crippen molar-refractivity contribution in [3.8, 4) is 22.6 Å². The summed E-state index contributed by atoms with van der Waals surface area (Å²) in [6, 6.07) is 12.6. The van der Waals surface area contributed by atoms with E-state index >= 15 is 0 Å². The van der Waals surface area contributed by atoms with Crippen LogP contribution in [0.1, 0.15) is 37.1 Å². The van der Waals surface area contributed by atoms with Crippen LogP contribution in [-0.2, 0) is 20.1 Å². The predicted molar refractivity (Wildman–Crippen MR) is 140 cm³/mol. The second kappa shape index (κ2) is 8.30. The van der Waals surface area contributed by atoms with Gasteiger partial charge in [-0.2, -0.15) is 10.1 Å². The molecule has 7 rings (SSSR count). The van der Waals surface area contributed by atoms with Crippen LogP contribution in [0.5, 0.6) is 0 Å². The Morgan fingerprint density at radius 3 is 2.67 bits per heavy atom. The summed E-state index contributed by atoms with van der Waals surface area (Å²) in [4.78, 5) is 12.2. The molecule has 1 aliphatic carbocycles. The number of likely N-dealkylation sites (N-methyl/N-ethyl adjacent to an activating group) is 1. The minimum absolute atomic E-state index is 0.577. The molecule has 0 saturated heterocycles. The van der Waals surface area contributed by atoms with E-state index in [4.69, 9.17) is 15.1 Å². The number of hydrogen-bond donors (Lipinski definition) is 2. The van der Waals surface area contributed by atoms with Crippen LogP contribution in [0, 0.1) is 0 Å². The number of aromatic nitrogens is 7. The Kier molecular flexibility index (Phi) is 4.92. The molecule has 0 amide bonds. The van der Waals surface area contributed by atoms with Gasteiger partial charge in [0.25, 0.3) is 0 Å². The summed E-state index contributed by atoms with van der Waals surface area (Å²) < 4.78 is 4.09. The lowest BCUT2D eigenvalue weighted by atomic mass is 10.0. The van der Waals surface area contributed by atoms with Gasteiger partial charge in [0.15, 0.2) is 5.82 Å². The van der Waals surface area contributed by atoms with E-state index in [1.165, 1.54) is 23.8 Å². The normalized spacial score (nSPS) is 15.9. The molecule has 0 radical (unpaired) electrons. The summed E-state index contributed by atoms with van der Waals surface area (Å²) in [5.74, 6) is 3.14. The molecule has 0 unspecified atom stereocenters. The molecule has 1 fully saturated rings. The van der Waals surface area contributed by atoms with Gasteiger partial charge in [0.1, 0.15) is 5.82 Å². The first kappa shape index (κ1) is 21.3. The van der Waals surface area contributed by atoms with E-state index < -0.39 is 0 Å². The highest BCUT2D eigenvalue weighted by Crippen LogP contribution is 2.47. The van der Waals surface area contributed by atoms with E-state index in [1.54, 1.807) is 0 Å². The second-order valence-corrected chi connectivity index (χ2v) is 9.82. The van der Waals surface area contributed by atoms with Gasteiger partial charge in [-0.05, 0) is 43.0 Å². The van der Waals surface area contributed by atoms with Gasteiger partial charge in [0, 0.05) is 48.5 Å². The molecule has 0 spiro atoms. The largest absolute Gasteiger partial charge is 0.332 e. The average Bonchev–Trinajstić information content (AvgIpc) is 3.30. The van der Waals surface area contributed by atoms with Crippen molar-refractivity contribution in [2.24, 2.45) is 7.05 Å². The van der Waals surface area contributed by atoms with Crippen LogP contribution < -0.4 is 5.32 Å². The number of anilines is 2. The Bertz CT molecular complexity index is 1550. The zero-order valence-electron chi connectivity index (χ0n) is 20.6. The lowest BCUT2D eigenvalue weighted by Crippen LogP contribution is -2.33. The van der Waals surface area contributed by atoms with Crippen LogP contribution in [0.2, 0.25) is 0 Å². The monoisotopic (exact) mass is 479 g/mol. The molecular formula is C27H29N9. The van der Waals surface area contributed by atoms with Gasteiger partial charge in [-0.1, -0.05) is 31.2 Å². The number of fused-ring (bicyclic) bond motifs is 2. The van der Waals surface area contributed by atoms with Gasteiger partial charge in [-0.3, -0.25) is 10.00 Å². The molecule has 9 heteroatoms. The minimum atomic E-state index is 0.577. The molecular weight excluding hydrogens is 450 g/mol. The van der Waals surface area contributed by atoms with Gasteiger partial charge in [0.05, 0.1) is 24.0 Å². The molecule has 5 aromatic rings. The summed E-state index contributed by atoms with van der Waals surface area (Å²) in [7, 11) is 1.93. The Morgan fingerprint density at radius 1 is 1.03 bits per heavy atom. The van der Waals surface area contributed by atoms with E-state index in [0.29, 0.717) is 11.7 Å². The van der Waals surface area contributed by atoms with Crippen molar-refractivity contribution in [3.63, 3.8) is 0 Å². The first-order valence-corrected chi connectivity index (χ1v) is 12.7. The molecule has 182 valence electrons. The third-order valence-electron chi connectivity index (χ3n) is 7.43. The molecule has 2 aliphatic rings. The van der Waals surface area contributed by atoms with Crippen LogP contribution in [-0.4, -0.2) is 52.5 Å². The number of nitrogens with zero attached hydrogens (tertiary/aromatic N) is 7. The van der Waals surface area contributed by atoms with Gasteiger partial charge in [0.2, 0.25) is 5.95 Å². The van der Waals surface area contributed by atoms with E-state index in [2.05, 4.69) is 74.5 Å². The average molecular weight is 480 g/mol. The molecule has 9 nitrogen and oxygen atoms in total. The highest BCUT2D eigenvalue weighted by atomic mass is 15.4. The number of imidazole rings is 1. The summed E-state index contributed by atoms with van der Waals surface area (Å²) in [6.45, 7) is 6.26. The maximum absolute atomic E-state index is 4.90. The number of H-pyrrole nitrogens is 1. The van der Waals surface area contributed by atoms with Gasteiger partial charge < -0.3 is 9.88 Å². The molecule has 4 heterocycles. The van der Waals surface area contributed by atoms with Gasteiger partial charge in [-0.15, -0.1) is 5.10 Å². The maximum atomic E-state index is 4.90. The lowest BCUT2D eigenvalue weighted by molar-refractivity contribution is 0.228. The summed E-state index contributed by atoms with van der Waals surface area (Å²) in [5.41, 5.74) is 6.58. The zero-order valence-corrected chi connectivity index (χ0v) is 20.6. The molecule has 3 aromatic heterocycles. The van der Waals surface area contributed by atoms with E-state index in [0.717, 1.165) is 66.0 Å². The smallest absolute Gasteiger partial charge is 0.225 e. The maximum Gasteiger partial charge on any atom is 0.225 e.